The summed E-state index contributed by atoms with van der Waals surface area (Å²) in [4.78, 5) is 0. The summed E-state index contributed by atoms with van der Waals surface area (Å²) in [5, 5.41) is 8.67. The Morgan fingerprint density at radius 3 is 2.72 bits per heavy atom. The summed E-state index contributed by atoms with van der Waals surface area (Å²) in [6, 6.07) is 6.72. The van der Waals surface area contributed by atoms with E-state index in [0.29, 0.717) is 23.4 Å². The van der Waals surface area contributed by atoms with Gasteiger partial charge in [-0.2, -0.15) is 5.26 Å². The standard InChI is InChI=1S/C12H16N2O3S/c1-2-18(15,16)7-3-6-17-12-5-4-10(9-13)8-11(12)14/h4-5,8H,2-3,6-7,14H2,1H3. The van der Waals surface area contributed by atoms with Crippen LogP contribution in [0.5, 0.6) is 5.75 Å². The topological polar surface area (TPSA) is 93.2 Å². The maximum atomic E-state index is 11.2. The summed E-state index contributed by atoms with van der Waals surface area (Å²) >= 11 is 0. The molecule has 5 nitrogen and oxygen atoms in total. The van der Waals surface area contributed by atoms with Crippen LogP contribution in [-0.4, -0.2) is 26.5 Å². The molecule has 0 saturated heterocycles. The van der Waals surface area contributed by atoms with Crippen molar-refractivity contribution in [1.82, 2.24) is 0 Å². The van der Waals surface area contributed by atoms with Gasteiger partial charge in [-0.3, -0.25) is 0 Å². The number of nitrogen functional groups attached to an aromatic ring is 1. The third-order valence-electron chi connectivity index (χ3n) is 2.44. The normalized spacial score (nSPS) is 10.9. The predicted molar refractivity (Wildman–Crippen MR) is 70.0 cm³/mol. The van der Waals surface area contributed by atoms with E-state index in [2.05, 4.69) is 0 Å². The molecule has 0 unspecified atom stereocenters. The van der Waals surface area contributed by atoms with Crippen molar-refractivity contribution >= 4 is 15.5 Å². The molecule has 0 aliphatic heterocycles. The highest BCUT2D eigenvalue weighted by Crippen LogP contribution is 2.22. The molecule has 1 aromatic rings. The molecule has 0 bridgehead atoms. The quantitative estimate of drug-likeness (QED) is 0.620. The third kappa shape index (κ3) is 4.26. The summed E-state index contributed by atoms with van der Waals surface area (Å²) in [6.45, 7) is 1.91. The van der Waals surface area contributed by atoms with Crippen LogP contribution in [0, 0.1) is 11.3 Å². The van der Waals surface area contributed by atoms with Crippen molar-refractivity contribution in [2.75, 3.05) is 23.8 Å². The van der Waals surface area contributed by atoms with E-state index in [1.807, 2.05) is 6.07 Å². The molecule has 0 saturated carbocycles. The molecule has 0 heterocycles. The Morgan fingerprint density at radius 1 is 1.44 bits per heavy atom. The zero-order chi connectivity index (χ0) is 13.6. The lowest BCUT2D eigenvalue weighted by Gasteiger charge is -2.08. The SMILES string of the molecule is CCS(=O)(=O)CCCOc1ccc(C#N)cc1N. The van der Waals surface area contributed by atoms with Gasteiger partial charge in [-0.05, 0) is 24.6 Å². The van der Waals surface area contributed by atoms with Crippen LogP contribution in [0.25, 0.3) is 0 Å². The van der Waals surface area contributed by atoms with Gasteiger partial charge in [-0.1, -0.05) is 6.92 Å². The molecule has 0 amide bonds. The molecule has 1 rings (SSSR count). The zero-order valence-electron chi connectivity index (χ0n) is 10.2. The third-order valence-corrected chi connectivity index (χ3v) is 4.23. The number of hydrogen-bond acceptors (Lipinski definition) is 5. The average molecular weight is 268 g/mol. The molecule has 98 valence electrons. The van der Waals surface area contributed by atoms with Gasteiger partial charge in [-0.15, -0.1) is 0 Å². The first kappa shape index (κ1) is 14.3. The smallest absolute Gasteiger partial charge is 0.150 e. The fourth-order valence-electron chi connectivity index (χ4n) is 1.35. The van der Waals surface area contributed by atoms with Crippen LogP contribution < -0.4 is 10.5 Å². The van der Waals surface area contributed by atoms with Gasteiger partial charge in [0.2, 0.25) is 0 Å². The van der Waals surface area contributed by atoms with Crippen LogP contribution in [0.3, 0.4) is 0 Å². The van der Waals surface area contributed by atoms with Crippen molar-refractivity contribution < 1.29 is 13.2 Å². The minimum Gasteiger partial charge on any atom is -0.491 e. The van der Waals surface area contributed by atoms with Gasteiger partial charge in [0, 0.05) is 5.75 Å². The van der Waals surface area contributed by atoms with Gasteiger partial charge in [0.15, 0.2) is 0 Å². The second-order valence-electron chi connectivity index (χ2n) is 3.80. The van der Waals surface area contributed by atoms with E-state index in [1.165, 1.54) is 6.07 Å². The Hall–Kier alpha value is -1.74. The second-order valence-corrected chi connectivity index (χ2v) is 6.28. The number of sulfone groups is 1. The molecule has 0 fully saturated rings. The largest absolute Gasteiger partial charge is 0.491 e. The lowest BCUT2D eigenvalue weighted by molar-refractivity contribution is 0.319. The molecule has 18 heavy (non-hydrogen) atoms. The number of benzene rings is 1. The molecular formula is C12H16N2O3S. The summed E-state index contributed by atoms with van der Waals surface area (Å²) in [5.74, 6) is 0.731. The van der Waals surface area contributed by atoms with Crippen LogP contribution >= 0.6 is 0 Å². The van der Waals surface area contributed by atoms with Crippen molar-refractivity contribution in [3.8, 4) is 11.8 Å². The van der Waals surface area contributed by atoms with Crippen molar-refractivity contribution in [2.45, 2.75) is 13.3 Å². The monoisotopic (exact) mass is 268 g/mol. The van der Waals surface area contributed by atoms with Crippen molar-refractivity contribution in [2.24, 2.45) is 0 Å². The number of ether oxygens (including phenoxy) is 1. The highest BCUT2D eigenvalue weighted by molar-refractivity contribution is 7.91. The van der Waals surface area contributed by atoms with E-state index in [1.54, 1.807) is 19.1 Å². The number of nitrogens with two attached hydrogens (primary N) is 1. The Morgan fingerprint density at radius 2 is 2.17 bits per heavy atom. The number of rotatable bonds is 6. The molecular weight excluding hydrogens is 252 g/mol. The Balaban J connectivity index is 2.48. The van der Waals surface area contributed by atoms with E-state index in [9.17, 15) is 8.42 Å². The van der Waals surface area contributed by atoms with Gasteiger partial charge in [-0.25, -0.2) is 8.42 Å². The summed E-state index contributed by atoms with van der Waals surface area (Å²) in [7, 11) is -2.95. The van der Waals surface area contributed by atoms with Gasteiger partial charge in [0.1, 0.15) is 15.6 Å². The fourth-order valence-corrected chi connectivity index (χ4v) is 2.20. The predicted octanol–water partition coefficient (Wildman–Crippen LogP) is 1.34. The molecule has 0 atom stereocenters. The van der Waals surface area contributed by atoms with E-state index >= 15 is 0 Å². The lowest BCUT2D eigenvalue weighted by atomic mass is 10.2. The molecule has 1 aromatic carbocycles. The number of anilines is 1. The minimum absolute atomic E-state index is 0.111. The van der Waals surface area contributed by atoms with Crippen molar-refractivity contribution in [3.63, 3.8) is 0 Å². The number of nitrogens with zero attached hydrogens (tertiary/aromatic N) is 1. The summed E-state index contributed by atoms with van der Waals surface area (Å²) in [6.07, 6.45) is 0.426. The Labute approximate surface area is 107 Å². The number of hydrogen-bond donors (Lipinski definition) is 1. The van der Waals surface area contributed by atoms with Gasteiger partial charge in [0.25, 0.3) is 0 Å². The van der Waals surface area contributed by atoms with Crippen LogP contribution in [0.2, 0.25) is 0 Å². The molecule has 2 N–H and O–H groups in total. The van der Waals surface area contributed by atoms with Crippen LogP contribution in [0.15, 0.2) is 18.2 Å². The fraction of sp³-hybridized carbons (Fsp3) is 0.417. The van der Waals surface area contributed by atoms with E-state index in [4.69, 9.17) is 15.7 Å². The maximum Gasteiger partial charge on any atom is 0.150 e. The first-order chi connectivity index (χ1) is 8.48. The van der Waals surface area contributed by atoms with Crippen molar-refractivity contribution in [3.05, 3.63) is 23.8 Å². The maximum absolute atomic E-state index is 11.2. The molecule has 6 heteroatoms. The highest BCUT2D eigenvalue weighted by atomic mass is 32.2. The van der Waals surface area contributed by atoms with E-state index < -0.39 is 9.84 Å². The zero-order valence-corrected chi connectivity index (χ0v) is 11.0. The van der Waals surface area contributed by atoms with Crippen molar-refractivity contribution in [1.29, 1.82) is 5.26 Å². The molecule has 0 aliphatic carbocycles. The van der Waals surface area contributed by atoms with Crippen LogP contribution in [0.1, 0.15) is 18.9 Å². The highest BCUT2D eigenvalue weighted by Gasteiger charge is 2.07. The van der Waals surface area contributed by atoms with E-state index in [-0.39, 0.29) is 18.1 Å². The first-order valence-corrected chi connectivity index (χ1v) is 7.43. The second kappa shape index (κ2) is 6.26. The molecule has 0 aromatic heterocycles. The van der Waals surface area contributed by atoms with Gasteiger partial charge in [0.05, 0.1) is 29.7 Å². The average Bonchev–Trinajstić information content (AvgIpc) is 2.36. The molecule has 0 spiro atoms. The van der Waals surface area contributed by atoms with Gasteiger partial charge >= 0.3 is 0 Å². The lowest BCUT2D eigenvalue weighted by Crippen LogP contribution is -2.12. The first-order valence-electron chi connectivity index (χ1n) is 5.61. The summed E-state index contributed by atoms with van der Waals surface area (Å²) in [5.41, 5.74) is 6.54. The summed E-state index contributed by atoms with van der Waals surface area (Å²) < 4.78 is 27.9. The minimum atomic E-state index is -2.95. The van der Waals surface area contributed by atoms with Gasteiger partial charge < -0.3 is 10.5 Å². The van der Waals surface area contributed by atoms with Crippen LogP contribution in [0.4, 0.5) is 5.69 Å². The number of nitriles is 1. The van der Waals surface area contributed by atoms with Crippen LogP contribution in [-0.2, 0) is 9.84 Å². The molecule has 0 aliphatic rings. The Kier molecular flexibility index (Phi) is 4.98. The Bertz CT molecular complexity index is 547. The van der Waals surface area contributed by atoms with E-state index in [0.717, 1.165) is 0 Å². The molecule has 0 radical (unpaired) electrons.